The van der Waals surface area contributed by atoms with Crippen LogP contribution in [0.25, 0.3) is 0 Å². The largest absolute Gasteiger partial charge is 0.284 e. The number of thioether (sulfide) groups is 1. The Hall–Kier alpha value is -0.180. The van der Waals surface area contributed by atoms with Crippen LogP contribution in [-0.2, 0) is 0 Å². The lowest BCUT2D eigenvalue weighted by molar-refractivity contribution is 0.287. The summed E-state index contributed by atoms with van der Waals surface area (Å²) in [7, 11) is 0. The molecule has 3 heteroatoms. The fraction of sp³-hybridized carbons (Fsp3) is 0.833. The molecule has 0 aromatic rings. The van der Waals surface area contributed by atoms with Gasteiger partial charge in [-0.15, -0.1) is 11.8 Å². The van der Waals surface area contributed by atoms with Gasteiger partial charge in [0, 0.05) is 19.2 Å². The summed E-state index contributed by atoms with van der Waals surface area (Å²) in [5.41, 5.74) is 0. The Morgan fingerprint density at radius 1 is 1.67 bits per heavy atom. The predicted octanol–water partition coefficient (Wildman–Crippen LogP) is 1.14. The number of hydrogen-bond donors (Lipinski definition) is 0. The zero-order chi connectivity index (χ0) is 6.10. The van der Waals surface area contributed by atoms with E-state index in [2.05, 4.69) is 10.1 Å². The summed E-state index contributed by atoms with van der Waals surface area (Å²) in [6.45, 7) is 1.17. The third kappa shape index (κ3) is 0.936. The van der Waals surface area contributed by atoms with Gasteiger partial charge in [0.1, 0.15) is 0 Å². The SMILES string of the molecule is C1=NN2CCCSC2C1. The Morgan fingerprint density at radius 2 is 2.67 bits per heavy atom. The first-order valence-corrected chi connectivity index (χ1v) is 4.42. The van der Waals surface area contributed by atoms with Gasteiger partial charge in [0.25, 0.3) is 0 Å². The normalized spacial score (nSPS) is 32.9. The van der Waals surface area contributed by atoms with E-state index in [1.54, 1.807) is 0 Å². The summed E-state index contributed by atoms with van der Waals surface area (Å²) < 4.78 is 0. The summed E-state index contributed by atoms with van der Waals surface area (Å²) in [6.07, 6.45) is 4.49. The number of hydrazone groups is 1. The number of rotatable bonds is 0. The minimum Gasteiger partial charge on any atom is -0.284 e. The molecule has 9 heavy (non-hydrogen) atoms. The van der Waals surface area contributed by atoms with Gasteiger partial charge in [-0.2, -0.15) is 5.10 Å². The molecule has 1 atom stereocenters. The van der Waals surface area contributed by atoms with Gasteiger partial charge in [0.05, 0.1) is 5.37 Å². The van der Waals surface area contributed by atoms with E-state index in [9.17, 15) is 0 Å². The summed E-state index contributed by atoms with van der Waals surface area (Å²) >= 11 is 2.03. The molecule has 2 aliphatic rings. The Kier molecular flexibility index (Phi) is 1.38. The number of hydrogen-bond acceptors (Lipinski definition) is 3. The zero-order valence-corrected chi connectivity index (χ0v) is 6.10. The van der Waals surface area contributed by atoms with Crippen LogP contribution in [0.5, 0.6) is 0 Å². The Balaban J connectivity index is 2.03. The average Bonchev–Trinajstić information content (AvgIpc) is 2.33. The molecule has 0 spiro atoms. The van der Waals surface area contributed by atoms with E-state index >= 15 is 0 Å². The summed E-state index contributed by atoms with van der Waals surface area (Å²) in [5.74, 6) is 1.32. The van der Waals surface area contributed by atoms with E-state index in [-0.39, 0.29) is 0 Å². The lowest BCUT2D eigenvalue weighted by Crippen LogP contribution is -2.29. The highest BCUT2D eigenvalue weighted by Crippen LogP contribution is 2.27. The first-order chi connectivity index (χ1) is 4.47. The fourth-order valence-corrected chi connectivity index (χ4v) is 2.36. The summed E-state index contributed by atoms with van der Waals surface area (Å²) in [6, 6.07) is 0. The highest BCUT2D eigenvalue weighted by Gasteiger charge is 2.23. The Bertz CT molecular complexity index is 135. The molecule has 0 aliphatic carbocycles. The van der Waals surface area contributed by atoms with Crippen LogP contribution in [0, 0.1) is 0 Å². The van der Waals surface area contributed by atoms with Crippen molar-refractivity contribution in [2.45, 2.75) is 18.2 Å². The van der Waals surface area contributed by atoms with Crippen molar-refractivity contribution in [3.63, 3.8) is 0 Å². The number of fused-ring (bicyclic) bond motifs is 1. The van der Waals surface area contributed by atoms with Gasteiger partial charge < -0.3 is 0 Å². The smallest absolute Gasteiger partial charge is 0.0971 e. The molecular formula is C6H10N2S. The Morgan fingerprint density at radius 3 is 3.56 bits per heavy atom. The zero-order valence-electron chi connectivity index (χ0n) is 5.29. The van der Waals surface area contributed by atoms with Gasteiger partial charge in [-0.25, -0.2) is 0 Å². The van der Waals surface area contributed by atoms with E-state index in [0.717, 1.165) is 6.42 Å². The van der Waals surface area contributed by atoms with Crippen LogP contribution in [0.1, 0.15) is 12.8 Å². The quantitative estimate of drug-likeness (QED) is 0.504. The minimum atomic E-state index is 0.693. The van der Waals surface area contributed by atoms with Crippen LogP contribution in [0.3, 0.4) is 0 Å². The van der Waals surface area contributed by atoms with Crippen molar-refractivity contribution in [1.29, 1.82) is 0 Å². The van der Waals surface area contributed by atoms with Crippen molar-refractivity contribution in [2.24, 2.45) is 5.10 Å². The topological polar surface area (TPSA) is 15.6 Å². The second-order valence-electron chi connectivity index (χ2n) is 2.38. The van der Waals surface area contributed by atoms with E-state index in [1.807, 2.05) is 18.0 Å². The fourth-order valence-electron chi connectivity index (χ4n) is 1.24. The van der Waals surface area contributed by atoms with Crippen molar-refractivity contribution in [3.05, 3.63) is 0 Å². The molecule has 2 rings (SSSR count). The molecule has 2 aliphatic heterocycles. The molecule has 2 nitrogen and oxygen atoms in total. The highest BCUT2D eigenvalue weighted by atomic mass is 32.2. The van der Waals surface area contributed by atoms with E-state index in [1.165, 1.54) is 18.7 Å². The summed E-state index contributed by atoms with van der Waals surface area (Å²) in [4.78, 5) is 0. The second-order valence-corrected chi connectivity index (χ2v) is 3.66. The molecule has 0 amide bonds. The van der Waals surface area contributed by atoms with Gasteiger partial charge in [-0.05, 0) is 12.2 Å². The molecule has 2 heterocycles. The molecule has 50 valence electrons. The van der Waals surface area contributed by atoms with Crippen molar-refractivity contribution >= 4 is 18.0 Å². The highest BCUT2D eigenvalue weighted by molar-refractivity contribution is 7.99. The number of nitrogens with zero attached hydrogens (tertiary/aromatic N) is 2. The van der Waals surface area contributed by atoms with Gasteiger partial charge in [0.2, 0.25) is 0 Å². The first-order valence-electron chi connectivity index (χ1n) is 3.37. The van der Waals surface area contributed by atoms with Gasteiger partial charge >= 0.3 is 0 Å². The van der Waals surface area contributed by atoms with Crippen LogP contribution in [0.15, 0.2) is 5.10 Å². The molecule has 0 saturated carbocycles. The van der Waals surface area contributed by atoms with Crippen molar-refractivity contribution in [3.8, 4) is 0 Å². The van der Waals surface area contributed by atoms with Crippen molar-refractivity contribution in [2.75, 3.05) is 12.3 Å². The van der Waals surface area contributed by atoms with E-state index in [4.69, 9.17) is 0 Å². The van der Waals surface area contributed by atoms with Gasteiger partial charge in [-0.1, -0.05) is 0 Å². The molecule has 0 aromatic heterocycles. The molecular weight excluding hydrogens is 132 g/mol. The van der Waals surface area contributed by atoms with E-state index < -0.39 is 0 Å². The van der Waals surface area contributed by atoms with Crippen LogP contribution in [0.4, 0.5) is 0 Å². The van der Waals surface area contributed by atoms with Gasteiger partial charge in [-0.3, -0.25) is 5.01 Å². The van der Waals surface area contributed by atoms with Crippen molar-refractivity contribution in [1.82, 2.24) is 5.01 Å². The second kappa shape index (κ2) is 2.21. The van der Waals surface area contributed by atoms with Crippen LogP contribution >= 0.6 is 11.8 Å². The maximum Gasteiger partial charge on any atom is 0.0971 e. The third-order valence-corrected chi connectivity index (χ3v) is 3.06. The Labute approximate surface area is 59.3 Å². The predicted molar refractivity (Wildman–Crippen MR) is 40.7 cm³/mol. The van der Waals surface area contributed by atoms with Crippen LogP contribution < -0.4 is 0 Å². The average molecular weight is 142 g/mol. The lowest BCUT2D eigenvalue weighted by atomic mass is 10.4. The van der Waals surface area contributed by atoms with E-state index in [0.29, 0.717) is 5.37 Å². The van der Waals surface area contributed by atoms with Crippen LogP contribution in [-0.4, -0.2) is 28.9 Å². The first kappa shape index (κ1) is 5.59. The standard InChI is InChI=1S/C6H10N2S/c1-4-8-6(9-5-1)2-3-7-8/h3,6H,1-2,4-5H2. The maximum atomic E-state index is 4.25. The maximum absolute atomic E-state index is 4.25. The van der Waals surface area contributed by atoms with Crippen LogP contribution in [0.2, 0.25) is 0 Å². The molecule has 0 N–H and O–H groups in total. The lowest BCUT2D eigenvalue weighted by Gasteiger charge is -2.27. The third-order valence-electron chi connectivity index (χ3n) is 1.71. The molecule has 0 bridgehead atoms. The van der Waals surface area contributed by atoms with Gasteiger partial charge in [0.15, 0.2) is 0 Å². The van der Waals surface area contributed by atoms with Crippen molar-refractivity contribution < 1.29 is 0 Å². The molecule has 0 radical (unpaired) electrons. The molecule has 1 fully saturated rings. The molecule has 0 aromatic carbocycles. The monoisotopic (exact) mass is 142 g/mol. The minimum absolute atomic E-state index is 0.693. The summed E-state index contributed by atoms with van der Waals surface area (Å²) in [5, 5.41) is 7.14. The molecule has 1 saturated heterocycles. The molecule has 1 unspecified atom stereocenters.